The Morgan fingerprint density at radius 3 is 2.57 bits per heavy atom. The van der Waals surface area contributed by atoms with Crippen LogP contribution in [0.15, 0.2) is 29.1 Å². The molecular formula is C18H22FN3O. The van der Waals surface area contributed by atoms with Crippen LogP contribution in [0.1, 0.15) is 45.2 Å². The van der Waals surface area contributed by atoms with Gasteiger partial charge in [-0.25, -0.2) is 9.49 Å². The molecule has 1 aromatic carbocycles. The zero-order valence-corrected chi connectivity index (χ0v) is 13.5. The van der Waals surface area contributed by atoms with Gasteiger partial charge in [-0.15, -0.1) is 0 Å². The number of fused-ring (bicyclic) bond motifs is 1. The third-order valence-corrected chi connectivity index (χ3v) is 5.36. The Hall–Kier alpha value is -1.75. The number of rotatable bonds is 3. The number of hydrogen-bond acceptors (Lipinski definition) is 3. The van der Waals surface area contributed by atoms with Crippen LogP contribution in [0.3, 0.4) is 0 Å². The van der Waals surface area contributed by atoms with E-state index in [0.717, 1.165) is 12.8 Å². The number of aromatic amines is 1. The highest BCUT2D eigenvalue weighted by Gasteiger charge is 2.62. The lowest BCUT2D eigenvalue weighted by Crippen LogP contribution is -2.60. The molecule has 0 radical (unpaired) electrons. The molecule has 2 aromatic rings. The summed E-state index contributed by atoms with van der Waals surface area (Å²) in [6, 6.07) is 8.13. The molecule has 2 aliphatic carbocycles. The summed E-state index contributed by atoms with van der Waals surface area (Å²) in [4.78, 5) is 11.9. The highest BCUT2D eigenvalue weighted by Crippen LogP contribution is 2.65. The summed E-state index contributed by atoms with van der Waals surface area (Å²) in [5, 5.41) is 11.2. The molecule has 0 saturated heterocycles. The number of aromatic nitrogens is 2. The van der Waals surface area contributed by atoms with Crippen LogP contribution < -0.4 is 10.9 Å². The second-order valence-corrected chi connectivity index (χ2v) is 7.69. The molecule has 0 unspecified atom stereocenters. The largest absolute Gasteiger partial charge is 0.312 e. The van der Waals surface area contributed by atoms with E-state index in [1.54, 1.807) is 18.2 Å². The van der Waals surface area contributed by atoms with Gasteiger partial charge in [0.15, 0.2) is 5.67 Å². The summed E-state index contributed by atoms with van der Waals surface area (Å²) in [6.45, 7) is 4.28. The minimum atomic E-state index is -1.41. The molecule has 0 atom stereocenters. The molecule has 4 nitrogen and oxygen atoms in total. The molecule has 0 bridgehead atoms. The maximum atomic E-state index is 15.4. The molecule has 122 valence electrons. The summed E-state index contributed by atoms with van der Waals surface area (Å²) in [5.74, 6) is 0. The zero-order chi connectivity index (χ0) is 16.2. The molecule has 5 heteroatoms. The highest BCUT2D eigenvalue weighted by atomic mass is 19.1. The second kappa shape index (κ2) is 4.87. The van der Waals surface area contributed by atoms with Gasteiger partial charge in [-0.1, -0.05) is 32.0 Å². The normalized spacial score (nSPS) is 33.0. The van der Waals surface area contributed by atoms with Crippen molar-refractivity contribution in [1.82, 2.24) is 15.5 Å². The van der Waals surface area contributed by atoms with Crippen LogP contribution in [0, 0.1) is 5.41 Å². The minimum absolute atomic E-state index is 0.125. The topological polar surface area (TPSA) is 57.8 Å². The van der Waals surface area contributed by atoms with Gasteiger partial charge in [-0.05, 0) is 37.2 Å². The number of halogens is 1. The number of benzene rings is 1. The third-order valence-electron chi connectivity index (χ3n) is 5.36. The van der Waals surface area contributed by atoms with E-state index in [-0.39, 0.29) is 11.0 Å². The standard InChI is InChI=1S/C18H22FN3O/c1-11(2)20-12-7-17(8-12)9-18(19,10-17)15-13-5-3-4-6-14(13)16(23)22-21-15/h3-6,11-12,20H,7-10H2,1-2H3,(H,22,23). The minimum Gasteiger partial charge on any atom is -0.312 e. The third kappa shape index (κ3) is 2.29. The van der Waals surface area contributed by atoms with E-state index in [4.69, 9.17) is 0 Å². The molecule has 0 amide bonds. The molecule has 2 N–H and O–H groups in total. The van der Waals surface area contributed by atoms with Crippen molar-refractivity contribution < 1.29 is 4.39 Å². The van der Waals surface area contributed by atoms with E-state index < -0.39 is 5.67 Å². The number of nitrogens with one attached hydrogen (secondary N) is 2. The van der Waals surface area contributed by atoms with Crippen LogP contribution in [-0.2, 0) is 5.67 Å². The number of nitrogens with zero attached hydrogens (tertiary/aromatic N) is 1. The van der Waals surface area contributed by atoms with E-state index >= 15 is 4.39 Å². The van der Waals surface area contributed by atoms with Crippen molar-refractivity contribution in [2.75, 3.05) is 0 Å². The van der Waals surface area contributed by atoms with E-state index in [1.807, 2.05) is 6.07 Å². The molecular weight excluding hydrogens is 293 g/mol. The Bertz CT molecular complexity index is 799. The summed E-state index contributed by atoms with van der Waals surface area (Å²) < 4.78 is 15.4. The Morgan fingerprint density at radius 2 is 1.91 bits per heavy atom. The first-order valence-electron chi connectivity index (χ1n) is 8.34. The van der Waals surface area contributed by atoms with Gasteiger partial charge >= 0.3 is 0 Å². The van der Waals surface area contributed by atoms with Crippen LogP contribution in [0.25, 0.3) is 10.8 Å². The summed E-state index contributed by atoms with van der Waals surface area (Å²) >= 11 is 0. The van der Waals surface area contributed by atoms with E-state index in [0.29, 0.717) is 41.4 Å². The molecule has 1 aromatic heterocycles. The molecule has 0 aliphatic heterocycles. The quantitative estimate of drug-likeness (QED) is 0.915. The molecule has 1 spiro atoms. The fourth-order valence-electron chi connectivity index (χ4n) is 4.62. The van der Waals surface area contributed by atoms with Crippen molar-refractivity contribution in [2.45, 2.75) is 57.3 Å². The Labute approximate surface area is 134 Å². The zero-order valence-electron chi connectivity index (χ0n) is 13.5. The van der Waals surface area contributed by atoms with Gasteiger partial charge in [-0.3, -0.25) is 4.79 Å². The smallest absolute Gasteiger partial charge is 0.272 e. The van der Waals surface area contributed by atoms with Gasteiger partial charge in [0.2, 0.25) is 0 Å². The Balaban J connectivity index is 1.57. The Kier molecular flexibility index (Phi) is 3.14. The van der Waals surface area contributed by atoms with Crippen LogP contribution in [0.5, 0.6) is 0 Å². The van der Waals surface area contributed by atoms with Crippen molar-refractivity contribution in [3.63, 3.8) is 0 Å². The maximum Gasteiger partial charge on any atom is 0.272 e. The molecule has 2 fully saturated rings. The molecule has 2 aliphatic rings. The first kappa shape index (κ1) is 14.8. The molecule has 23 heavy (non-hydrogen) atoms. The van der Waals surface area contributed by atoms with Crippen LogP contribution in [0.2, 0.25) is 0 Å². The summed E-state index contributed by atoms with van der Waals surface area (Å²) in [7, 11) is 0. The first-order valence-corrected chi connectivity index (χ1v) is 8.34. The van der Waals surface area contributed by atoms with Gasteiger partial charge in [-0.2, -0.15) is 5.10 Å². The predicted molar refractivity (Wildman–Crippen MR) is 88.1 cm³/mol. The number of alkyl halides is 1. The summed E-state index contributed by atoms with van der Waals surface area (Å²) in [5.41, 5.74) is -1.14. The lowest BCUT2D eigenvalue weighted by Gasteiger charge is -2.60. The predicted octanol–water partition coefficient (Wildman–Crippen LogP) is 3.03. The van der Waals surface area contributed by atoms with E-state index in [1.165, 1.54) is 0 Å². The molecule has 4 rings (SSSR count). The fraction of sp³-hybridized carbons (Fsp3) is 0.556. The lowest BCUT2D eigenvalue weighted by atomic mass is 9.48. The molecule has 1 heterocycles. The Morgan fingerprint density at radius 1 is 1.26 bits per heavy atom. The van der Waals surface area contributed by atoms with Crippen molar-refractivity contribution in [3.8, 4) is 0 Å². The van der Waals surface area contributed by atoms with Crippen molar-refractivity contribution in [2.24, 2.45) is 5.41 Å². The number of H-pyrrole nitrogens is 1. The van der Waals surface area contributed by atoms with Gasteiger partial charge in [0.1, 0.15) is 5.69 Å². The van der Waals surface area contributed by atoms with Crippen LogP contribution >= 0.6 is 0 Å². The summed E-state index contributed by atoms with van der Waals surface area (Å²) in [6.07, 6.45) is 3.11. The lowest BCUT2D eigenvalue weighted by molar-refractivity contribution is -0.135. The molecule has 2 saturated carbocycles. The van der Waals surface area contributed by atoms with Crippen molar-refractivity contribution >= 4 is 10.8 Å². The van der Waals surface area contributed by atoms with E-state index in [2.05, 4.69) is 29.4 Å². The van der Waals surface area contributed by atoms with Gasteiger partial charge < -0.3 is 5.32 Å². The second-order valence-electron chi connectivity index (χ2n) is 7.69. The fourth-order valence-corrected chi connectivity index (χ4v) is 4.62. The average Bonchev–Trinajstić information content (AvgIpc) is 2.43. The van der Waals surface area contributed by atoms with E-state index in [9.17, 15) is 4.79 Å². The number of hydrogen-bond donors (Lipinski definition) is 2. The van der Waals surface area contributed by atoms with Gasteiger partial charge in [0.05, 0.1) is 5.39 Å². The average molecular weight is 315 g/mol. The van der Waals surface area contributed by atoms with Crippen LogP contribution in [0.4, 0.5) is 4.39 Å². The van der Waals surface area contributed by atoms with Crippen molar-refractivity contribution in [1.29, 1.82) is 0 Å². The maximum absolute atomic E-state index is 15.4. The van der Waals surface area contributed by atoms with Crippen LogP contribution in [-0.4, -0.2) is 22.3 Å². The van der Waals surface area contributed by atoms with Gasteiger partial charge in [0.25, 0.3) is 5.56 Å². The monoisotopic (exact) mass is 315 g/mol. The SMILES string of the molecule is CC(C)NC1CC2(C1)CC(F)(c1n[nH]c(=O)c3ccccc13)C2. The first-order chi connectivity index (χ1) is 10.9. The highest BCUT2D eigenvalue weighted by molar-refractivity contribution is 5.84. The van der Waals surface area contributed by atoms with Gasteiger partial charge in [0, 0.05) is 17.5 Å². The van der Waals surface area contributed by atoms with Crippen molar-refractivity contribution in [3.05, 3.63) is 40.3 Å².